The average Bonchev–Trinajstić information content (AvgIpc) is 3.06. The van der Waals surface area contributed by atoms with Gasteiger partial charge in [0.1, 0.15) is 24.2 Å². The summed E-state index contributed by atoms with van der Waals surface area (Å²) in [4.78, 5) is 14.2. The van der Waals surface area contributed by atoms with Crippen LogP contribution in [0.25, 0.3) is 0 Å². The molecule has 0 spiro atoms. The van der Waals surface area contributed by atoms with Gasteiger partial charge in [0.25, 0.3) is 5.91 Å². The van der Waals surface area contributed by atoms with Crippen molar-refractivity contribution in [1.82, 2.24) is 4.90 Å². The number of nitrogens with zero attached hydrogens (tertiary/aromatic N) is 2. The van der Waals surface area contributed by atoms with Crippen LogP contribution < -0.4 is 4.74 Å². The molecule has 0 unspecified atom stereocenters. The molecule has 0 aliphatic heterocycles. The highest BCUT2D eigenvalue weighted by Crippen LogP contribution is 2.19. The van der Waals surface area contributed by atoms with Crippen molar-refractivity contribution in [3.8, 4) is 11.8 Å². The second-order valence-electron chi connectivity index (χ2n) is 5.90. The quantitative estimate of drug-likeness (QED) is 0.775. The number of rotatable bonds is 7. The van der Waals surface area contributed by atoms with E-state index in [4.69, 9.17) is 14.4 Å². The molecule has 0 aliphatic carbocycles. The van der Waals surface area contributed by atoms with Gasteiger partial charge in [-0.1, -0.05) is 26.0 Å². The molecule has 5 nitrogen and oxygen atoms in total. The molecule has 0 N–H and O–H groups in total. The molecule has 0 fully saturated rings. The molecule has 1 heterocycles. The minimum atomic E-state index is -0.116. The SMILES string of the molecule is CCN(CC(C)C)C(=O)c1ccc(COc2ccccc2C#N)o1. The van der Waals surface area contributed by atoms with Crippen molar-refractivity contribution in [2.24, 2.45) is 5.92 Å². The summed E-state index contributed by atoms with van der Waals surface area (Å²) in [5.74, 6) is 1.64. The molecule has 0 aliphatic rings. The van der Waals surface area contributed by atoms with Crippen molar-refractivity contribution in [3.63, 3.8) is 0 Å². The Morgan fingerprint density at radius 1 is 1.29 bits per heavy atom. The van der Waals surface area contributed by atoms with E-state index >= 15 is 0 Å². The number of benzene rings is 1. The normalized spacial score (nSPS) is 10.5. The molecule has 0 atom stereocenters. The molecule has 2 aromatic rings. The molecule has 0 saturated heterocycles. The van der Waals surface area contributed by atoms with Crippen molar-refractivity contribution in [2.75, 3.05) is 13.1 Å². The molecule has 2 rings (SSSR count). The van der Waals surface area contributed by atoms with Gasteiger partial charge < -0.3 is 14.1 Å². The number of carbonyl (C=O) groups excluding carboxylic acids is 1. The summed E-state index contributed by atoms with van der Waals surface area (Å²) in [6.07, 6.45) is 0. The fourth-order valence-corrected chi connectivity index (χ4v) is 2.36. The summed E-state index contributed by atoms with van der Waals surface area (Å²) in [6, 6.07) is 12.5. The van der Waals surface area contributed by atoms with Crippen LogP contribution in [0.15, 0.2) is 40.8 Å². The van der Waals surface area contributed by atoms with Gasteiger partial charge in [-0.15, -0.1) is 0 Å². The third kappa shape index (κ3) is 4.39. The number of para-hydroxylation sites is 1. The minimum absolute atomic E-state index is 0.116. The lowest BCUT2D eigenvalue weighted by atomic mass is 10.2. The molecule has 24 heavy (non-hydrogen) atoms. The standard InChI is InChI=1S/C19H22N2O3/c1-4-21(12-14(2)3)19(22)18-10-9-16(24-18)13-23-17-8-6-5-7-15(17)11-20/h5-10,14H,4,12-13H2,1-3H3. The lowest BCUT2D eigenvalue weighted by Gasteiger charge is -2.21. The van der Waals surface area contributed by atoms with Gasteiger partial charge in [-0.3, -0.25) is 4.79 Å². The predicted octanol–water partition coefficient (Wildman–Crippen LogP) is 3.85. The maximum atomic E-state index is 12.4. The average molecular weight is 326 g/mol. The second-order valence-corrected chi connectivity index (χ2v) is 5.90. The van der Waals surface area contributed by atoms with Crippen LogP contribution in [0.5, 0.6) is 5.75 Å². The number of amides is 1. The Morgan fingerprint density at radius 2 is 2.04 bits per heavy atom. The molecule has 5 heteroatoms. The molecule has 126 valence electrons. The summed E-state index contributed by atoms with van der Waals surface area (Å²) in [5.41, 5.74) is 0.467. The van der Waals surface area contributed by atoms with Crippen molar-refractivity contribution in [2.45, 2.75) is 27.4 Å². The third-order valence-corrected chi connectivity index (χ3v) is 3.50. The van der Waals surface area contributed by atoms with Crippen LogP contribution in [0.4, 0.5) is 0 Å². The van der Waals surface area contributed by atoms with Gasteiger partial charge in [0.2, 0.25) is 0 Å². The van der Waals surface area contributed by atoms with Gasteiger partial charge in [0.15, 0.2) is 5.76 Å². The van der Waals surface area contributed by atoms with Crippen molar-refractivity contribution < 1.29 is 13.9 Å². The van der Waals surface area contributed by atoms with Crippen molar-refractivity contribution in [3.05, 3.63) is 53.5 Å². The zero-order valence-electron chi connectivity index (χ0n) is 14.3. The summed E-state index contributed by atoms with van der Waals surface area (Å²) in [5, 5.41) is 9.05. The van der Waals surface area contributed by atoms with Gasteiger partial charge in [0, 0.05) is 13.1 Å². The van der Waals surface area contributed by atoms with Crippen LogP contribution >= 0.6 is 0 Å². The van der Waals surface area contributed by atoms with E-state index in [9.17, 15) is 4.79 Å². The highest BCUT2D eigenvalue weighted by molar-refractivity contribution is 5.91. The lowest BCUT2D eigenvalue weighted by Crippen LogP contribution is -2.33. The summed E-state index contributed by atoms with van der Waals surface area (Å²) < 4.78 is 11.2. The highest BCUT2D eigenvalue weighted by atomic mass is 16.5. The maximum absolute atomic E-state index is 12.4. The van der Waals surface area contributed by atoms with E-state index in [1.165, 1.54) is 0 Å². The Morgan fingerprint density at radius 3 is 2.71 bits per heavy atom. The fraction of sp³-hybridized carbons (Fsp3) is 0.368. The third-order valence-electron chi connectivity index (χ3n) is 3.50. The number of nitriles is 1. The van der Waals surface area contributed by atoms with Crippen LogP contribution in [0.3, 0.4) is 0 Å². The Hall–Kier alpha value is -2.74. The number of hydrogen-bond donors (Lipinski definition) is 0. The molecule has 0 radical (unpaired) electrons. The van der Waals surface area contributed by atoms with E-state index in [2.05, 4.69) is 19.9 Å². The van der Waals surface area contributed by atoms with Gasteiger partial charge in [0.05, 0.1) is 5.56 Å². The van der Waals surface area contributed by atoms with Gasteiger partial charge in [-0.05, 0) is 37.1 Å². The Bertz CT molecular complexity index is 728. The van der Waals surface area contributed by atoms with Crippen LogP contribution in [0.2, 0.25) is 0 Å². The first kappa shape index (κ1) is 17.6. The highest BCUT2D eigenvalue weighted by Gasteiger charge is 2.19. The Kier molecular flexibility index (Phi) is 6.02. The van der Waals surface area contributed by atoms with Crippen LogP contribution in [0.1, 0.15) is 42.6 Å². The molecular weight excluding hydrogens is 304 g/mol. The summed E-state index contributed by atoms with van der Waals surface area (Å²) in [7, 11) is 0. The van der Waals surface area contributed by atoms with Crippen LogP contribution in [-0.2, 0) is 6.61 Å². The van der Waals surface area contributed by atoms with Gasteiger partial charge >= 0.3 is 0 Å². The molecule has 1 aromatic heterocycles. The van der Waals surface area contributed by atoms with Gasteiger partial charge in [-0.25, -0.2) is 0 Å². The fourth-order valence-electron chi connectivity index (χ4n) is 2.36. The van der Waals surface area contributed by atoms with Crippen LogP contribution in [0, 0.1) is 17.2 Å². The number of hydrogen-bond acceptors (Lipinski definition) is 4. The molecule has 1 amide bonds. The predicted molar refractivity (Wildman–Crippen MR) is 90.6 cm³/mol. The second kappa shape index (κ2) is 8.21. The number of ether oxygens (including phenoxy) is 1. The number of furan rings is 1. The van der Waals surface area contributed by atoms with Gasteiger partial charge in [-0.2, -0.15) is 5.26 Å². The summed E-state index contributed by atoms with van der Waals surface area (Å²) >= 11 is 0. The van der Waals surface area contributed by atoms with E-state index < -0.39 is 0 Å². The zero-order valence-corrected chi connectivity index (χ0v) is 14.3. The summed E-state index contributed by atoms with van der Waals surface area (Å²) in [6.45, 7) is 7.60. The molecule has 0 bridgehead atoms. The van der Waals surface area contributed by atoms with Crippen LogP contribution in [-0.4, -0.2) is 23.9 Å². The van der Waals surface area contributed by atoms with E-state index in [-0.39, 0.29) is 12.5 Å². The van der Waals surface area contributed by atoms with E-state index in [1.807, 2.05) is 6.92 Å². The molecule has 1 aromatic carbocycles. The minimum Gasteiger partial charge on any atom is -0.484 e. The van der Waals surface area contributed by atoms with Crippen molar-refractivity contribution >= 4 is 5.91 Å². The Balaban J connectivity index is 2.03. The lowest BCUT2D eigenvalue weighted by molar-refractivity contribution is 0.0709. The zero-order chi connectivity index (χ0) is 17.5. The first-order valence-electron chi connectivity index (χ1n) is 8.05. The smallest absolute Gasteiger partial charge is 0.289 e. The first-order valence-corrected chi connectivity index (χ1v) is 8.05. The van der Waals surface area contributed by atoms with E-state index in [0.29, 0.717) is 41.8 Å². The number of carbonyl (C=O) groups is 1. The van der Waals surface area contributed by atoms with E-state index in [0.717, 1.165) is 0 Å². The topological polar surface area (TPSA) is 66.5 Å². The molecule has 0 saturated carbocycles. The molecular formula is C19H22N2O3. The van der Waals surface area contributed by atoms with Crippen molar-refractivity contribution in [1.29, 1.82) is 5.26 Å². The Labute approximate surface area is 142 Å². The first-order chi connectivity index (χ1) is 11.5. The van der Waals surface area contributed by atoms with E-state index in [1.54, 1.807) is 41.3 Å². The maximum Gasteiger partial charge on any atom is 0.289 e. The largest absolute Gasteiger partial charge is 0.484 e. The monoisotopic (exact) mass is 326 g/mol.